The summed E-state index contributed by atoms with van der Waals surface area (Å²) in [7, 11) is 0. The van der Waals surface area contributed by atoms with E-state index in [1.807, 2.05) is 24.3 Å². The standard InChI is InChI=1S/C10H11ClN4S/c11-7-3-1-2-4-8(7)13-10-15-14-9(16-10)5-6-12/h1-4H,5-6,12H2,(H,13,15). The summed E-state index contributed by atoms with van der Waals surface area (Å²) in [5.41, 5.74) is 6.28. The maximum atomic E-state index is 6.02. The number of rotatable bonds is 4. The van der Waals surface area contributed by atoms with Crippen molar-refractivity contribution in [2.45, 2.75) is 6.42 Å². The first-order valence-electron chi connectivity index (χ1n) is 4.83. The minimum absolute atomic E-state index is 0.584. The Kier molecular flexibility index (Phi) is 3.71. The molecular formula is C10H11ClN4S. The second-order valence-electron chi connectivity index (χ2n) is 3.14. The van der Waals surface area contributed by atoms with Crippen LogP contribution in [0.15, 0.2) is 24.3 Å². The van der Waals surface area contributed by atoms with Crippen LogP contribution < -0.4 is 11.1 Å². The minimum atomic E-state index is 0.584. The molecule has 3 N–H and O–H groups in total. The molecule has 2 rings (SSSR count). The fourth-order valence-corrected chi connectivity index (χ4v) is 2.16. The van der Waals surface area contributed by atoms with Crippen LogP contribution in [0.1, 0.15) is 5.01 Å². The Morgan fingerprint density at radius 1 is 1.31 bits per heavy atom. The molecule has 0 aliphatic heterocycles. The van der Waals surface area contributed by atoms with Crippen molar-refractivity contribution in [1.29, 1.82) is 0 Å². The van der Waals surface area contributed by atoms with Crippen molar-refractivity contribution >= 4 is 33.8 Å². The number of nitrogens with two attached hydrogens (primary N) is 1. The van der Waals surface area contributed by atoms with Gasteiger partial charge in [-0.3, -0.25) is 0 Å². The number of para-hydroxylation sites is 1. The number of halogens is 1. The van der Waals surface area contributed by atoms with Crippen LogP contribution in [0, 0.1) is 0 Å². The van der Waals surface area contributed by atoms with E-state index in [0.29, 0.717) is 11.6 Å². The molecule has 0 saturated carbocycles. The molecule has 1 heterocycles. The van der Waals surface area contributed by atoms with Crippen LogP contribution in [0.25, 0.3) is 0 Å². The molecule has 0 spiro atoms. The molecule has 0 aliphatic rings. The quantitative estimate of drug-likeness (QED) is 0.880. The lowest BCUT2D eigenvalue weighted by molar-refractivity contribution is 0.913. The molecule has 0 aliphatic carbocycles. The van der Waals surface area contributed by atoms with Gasteiger partial charge in [0.25, 0.3) is 0 Å². The Labute approximate surface area is 102 Å². The number of nitrogens with one attached hydrogen (secondary N) is 1. The molecule has 0 fully saturated rings. The molecule has 0 unspecified atom stereocenters. The number of benzene rings is 1. The Bertz CT molecular complexity index is 471. The van der Waals surface area contributed by atoms with Crippen LogP contribution in [0.3, 0.4) is 0 Å². The van der Waals surface area contributed by atoms with Gasteiger partial charge in [-0.05, 0) is 18.7 Å². The van der Waals surface area contributed by atoms with E-state index >= 15 is 0 Å². The van der Waals surface area contributed by atoms with Gasteiger partial charge in [0, 0.05) is 6.42 Å². The second-order valence-corrected chi connectivity index (χ2v) is 4.61. The van der Waals surface area contributed by atoms with Crippen molar-refractivity contribution < 1.29 is 0 Å². The lowest BCUT2D eigenvalue weighted by Crippen LogP contribution is -2.01. The lowest BCUT2D eigenvalue weighted by Gasteiger charge is -2.02. The highest BCUT2D eigenvalue weighted by molar-refractivity contribution is 7.15. The summed E-state index contributed by atoms with van der Waals surface area (Å²) >= 11 is 7.51. The van der Waals surface area contributed by atoms with Gasteiger partial charge in [-0.25, -0.2) is 0 Å². The van der Waals surface area contributed by atoms with E-state index in [0.717, 1.165) is 22.2 Å². The van der Waals surface area contributed by atoms with Gasteiger partial charge >= 0.3 is 0 Å². The lowest BCUT2D eigenvalue weighted by atomic mass is 10.3. The highest BCUT2D eigenvalue weighted by Crippen LogP contribution is 2.26. The van der Waals surface area contributed by atoms with Gasteiger partial charge in [0.05, 0.1) is 10.7 Å². The van der Waals surface area contributed by atoms with Gasteiger partial charge in [-0.2, -0.15) is 0 Å². The van der Waals surface area contributed by atoms with Gasteiger partial charge in [-0.15, -0.1) is 10.2 Å². The van der Waals surface area contributed by atoms with E-state index in [1.165, 1.54) is 11.3 Å². The largest absolute Gasteiger partial charge is 0.330 e. The van der Waals surface area contributed by atoms with Crippen LogP contribution in [-0.2, 0) is 6.42 Å². The third-order valence-electron chi connectivity index (χ3n) is 1.94. The van der Waals surface area contributed by atoms with E-state index in [4.69, 9.17) is 17.3 Å². The first kappa shape index (κ1) is 11.3. The monoisotopic (exact) mass is 254 g/mol. The minimum Gasteiger partial charge on any atom is -0.330 e. The Balaban J connectivity index is 2.11. The zero-order valence-electron chi connectivity index (χ0n) is 8.48. The molecule has 6 heteroatoms. The fourth-order valence-electron chi connectivity index (χ4n) is 1.21. The molecule has 0 radical (unpaired) electrons. The maximum absolute atomic E-state index is 6.02. The summed E-state index contributed by atoms with van der Waals surface area (Å²) in [4.78, 5) is 0. The topological polar surface area (TPSA) is 63.8 Å². The number of hydrogen-bond donors (Lipinski definition) is 2. The van der Waals surface area contributed by atoms with Gasteiger partial charge < -0.3 is 11.1 Å². The van der Waals surface area contributed by atoms with Crippen LogP contribution in [-0.4, -0.2) is 16.7 Å². The summed E-state index contributed by atoms with van der Waals surface area (Å²) in [5, 5.41) is 13.5. The summed E-state index contributed by atoms with van der Waals surface area (Å²) < 4.78 is 0. The summed E-state index contributed by atoms with van der Waals surface area (Å²) in [5.74, 6) is 0. The van der Waals surface area contributed by atoms with E-state index < -0.39 is 0 Å². The summed E-state index contributed by atoms with van der Waals surface area (Å²) in [6, 6.07) is 7.52. The Morgan fingerprint density at radius 2 is 2.12 bits per heavy atom. The van der Waals surface area contributed by atoms with E-state index in [9.17, 15) is 0 Å². The predicted molar refractivity (Wildman–Crippen MR) is 67.4 cm³/mol. The van der Waals surface area contributed by atoms with Gasteiger partial charge in [0.2, 0.25) is 5.13 Å². The molecule has 1 aromatic heterocycles. The maximum Gasteiger partial charge on any atom is 0.210 e. The van der Waals surface area contributed by atoms with E-state index in [2.05, 4.69) is 15.5 Å². The molecular weight excluding hydrogens is 244 g/mol. The van der Waals surface area contributed by atoms with Crippen molar-refractivity contribution in [3.63, 3.8) is 0 Å². The zero-order chi connectivity index (χ0) is 11.4. The average Bonchev–Trinajstić information content (AvgIpc) is 2.70. The molecule has 16 heavy (non-hydrogen) atoms. The van der Waals surface area contributed by atoms with Crippen LogP contribution in [0.5, 0.6) is 0 Å². The second kappa shape index (κ2) is 5.25. The van der Waals surface area contributed by atoms with Crippen molar-refractivity contribution in [2.24, 2.45) is 5.73 Å². The van der Waals surface area contributed by atoms with Gasteiger partial charge in [0.1, 0.15) is 5.01 Å². The number of anilines is 2. The highest BCUT2D eigenvalue weighted by Gasteiger charge is 2.05. The third kappa shape index (κ3) is 2.69. The van der Waals surface area contributed by atoms with Crippen molar-refractivity contribution in [3.05, 3.63) is 34.3 Å². The predicted octanol–water partition coefficient (Wildman–Crippen LogP) is 2.44. The average molecular weight is 255 g/mol. The normalized spacial score (nSPS) is 10.4. The molecule has 2 aromatic rings. The molecule has 0 atom stereocenters. The molecule has 0 amide bonds. The van der Waals surface area contributed by atoms with Gasteiger partial charge in [-0.1, -0.05) is 35.1 Å². The summed E-state index contributed by atoms with van der Waals surface area (Å²) in [6.07, 6.45) is 0.752. The highest BCUT2D eigenvalue weighted by atomic mass is 35.5. The van der Waals surface area contributed by atoms with Crippen molar-refractivity contribution in [1.82, 2.24) is 10.2 Å². The SMILES string of the molecule is NCCc1nnc(Nc2ccccc2Cl)s1. The van der Waals surface area contributed by atoms with Crippen LogP contribution in [0.2, 0.25) is 5.02 Å². The molecule has 0 bridgehead atoms. The molecule has 0 saturated heterocycles. The smallest absolute Gasteiger partial charge is 0.210 e. The van der Waals surface area contributed by atoms with E-state index in [-0.39, 0.29) is 0 Å². The number of aromatic nitrogens is 2. The fraction of sp³-hybridized carbons (Fsp3) is 0.200. The number of nitrogens with zero attached hydrogens (tertiary/aromatic N) is 2. The number of hydrogen-bond acceptors (Lipinski definition) is 5. The molecule has 1 aromatic carbocycles. The molecule has 4 nitrogen and oxygen atoms in total. The van der Waals surface area contributed by atoms with Crippen molar-refractivity contribution in [2.75, 3.05) is 11.9 Å². The zero-order valence-corrected chi connectivity index (χ0v) is 10.1. The summed E-state index contributed by atoms with van der Waals surface area (Å²) in [6.45, 7) is 0.584. The van der Waals surface area contributed by atoms with Crippen molar-refractivity contribution in [3.8, 4) is 0 Å². The Hall–Kier alpha value is -1.17. The van der Waals surface area contributed by atoms with Crippen LogP contribution >= 0.6 is 22.9 Å². The third-order valence-corrected chi connectivity index (χ3v) is 3.17. The molecule has 84 valence electrons. The Morgan fingerprint density at radius 3 is 2.88 bits per heavy atom. The first-order chi connectivity index (χ1) is 7.79. The van der Waals surface area contributed by atoms with Gasteiger partial charge in [0.15, 0.2) is 0 Å². The van der Waals surface area contributed by atoms with E-state index in [1.54, 1.807) is 0 Å². The first-order valence-corrected chi connectivity index (χ1v) is 6.03. The van der Waals surface area contributed by atoms with Crippen LogP contribution in [0.4, 0.5) is 10.8 Å².